The number of rotatable bonds is 7. The molecule has 0 aliphatic heterocycles. The molecule has 0 saturated carbocycles. The van der Waals surface area contributed by atoms with E-state index < -0.39 is 0 Å². The number of unbranched alkanes of at least 4 members (excludes halogenated alkanes) is 2. The molecule has 1 aromatic rings. The van der Waals surface area contributed by atoms with Crippen LogP contribution in [0.3, 0.4) is 0 Å². The van der Waals surface area contributed by atoms with Gasteiger partial charge in [0, 0.05) is 6.07 Å². The maximum Gasteiger partial charge on any atom is 0.270 e. The molecular formula is C14H25N2+. The number of nitrogens with two attached hydrogens (primary N) is 1. The number of H-pyrrole nitrogens is 1. The van der Waals surface area contributed by atoms with E-state index in [9.17, 15) is 0 Å². The summed E-state index contributed by atoms with van der Waals surface area (Å²) in [7, 11) is 0. The molecule has 16 heavy (non-hydrogen) atoms. The van der Waals surface area contributed by atoms with E-state index in [1.54, 1.807) is 0 Å². The Bertz CT molecular complexity index is 289. The molecule has 0 aliphatic rings. The van der Waals surface area contributed by atoms with Crippen LogP contribution in [0.2, 0.25) is 0 Å². The minimum Gasteiger partial charge on any atom is -0.287 e. The quantitative estimate of drug-likeness (QED) is 0.751. The Morgan fingerprint density at radius 1 is 1.19 bits per heavy atom. The Morgan fingerprint density at radius 2 is 1.81 bits per heavy atom. The number of aromatic amines is 1. The average Bonchev–Trinajstić information content (AvgIpc) is 2.29. The lowest BCUT2D eigenvalue weighted by Gasteiger charge is -2.16. The van der Waals surface area contributed by atoms with Gasteiger partial charge in [0.05, 0.1) is 6.20 Å². The Kier molecular flexibility index (Phi) is 5.91. The highest BCUT2D eigenvalue weighted by atomic mass is 14.8. The van der Waals surface area contributed by atoms with Gasteiger partial charge in [-0.3, -0.25) is 5.73 Å². The molecule has 2 nitrogen and oxygen atoms in total. The Hall–Kier alpha value is -1.05. The van der Waals surface area contributed by atoms with Crippen molar-refractivity contribution in [3.63, 3.8) is 0 Å². The molecule has 0 amide bonds. The first-order chi connectivity index (χ1) is 7.77. The molecule has 0 aromatic carbocycles. The van der Waals surface area contributed by atoms with Gasteiger partial charge in [0.2, 0.25) is 0 Å². The second-order valence-electron chi connectivity index (χ2n) is 4.56. The Balaban J connectivity index is 2.66. The Morgan fingerprint density at radius 3 is 2.31 bits per heavy atom. The largest absolute Gasteiger partial charge is 0.287 e. The van der Waals surface area contributed by atoms with E-state index >= 15 is 0 Å². The lowest BCUT2D eigenvalue weighted by atomic mass is 9.89. The summed E-state index contributed by atoms with van der Waals surface area (Å²) in [6.07, 6.45) is 9.71. The standard InChI is InChI=1S/C14H24N2/c1-3-5-7-12(8-6-4-2)13-9-10-16-14(15)11-13/h9-12H,3-8H2,1-2H3,(H2,15,16)/p+1. The number of pyridine rings is 1. The van der Waals surface area contributed by atoms with E-state index in [2.05, 4.69) is 31.0 Å². The van der Waals surface area contributed by atoms with Crippen LogP contribution in [0.25, 0.3) is 0 Å². The molecule has 90 valence electrons. The van der Waals surface area contributed by atoms with Crippen molar-refractivity contribution < 1.29 is 4.98 Å². The van der Waals surface area contributed by atoms with Crippen molar-refractivity contribution in [3.8, 4) is 0 Å². The zero-order valence-corrected chi connectivity index (χ0v) is 10.6. The second kappa shape index (κ2) is 7.26. The van der Waals surface area contributed by atoms with E-state index in [4.69, 9.17) is 5.73 Å². The molecule has 0 aliphatic carbocycles. The molecule has 0 bridgehead atoms. The molecule has 0 atom stereocenters. The number of nitrogens with one attached hydrogen (secondary N) is 1. The third-order valence-electron chi connectivity index (χ3n) is 3.13. The summed E-state index contributed by atoms with van der Waals surface area (Å²) in [6.45, 7) is 4.51. The average molecular weight is 221 g/mol. The van der Waals surface area contributed by atoms with E-state index in [1.165, 1.54) is 44.1 Å². The zero-order valence-electron chi connectivity index (χ0n) is 10.6. The van der Waals surface area contributed by atoms with Gasteiger partial charge in [0.1, 0.15) is 0 Å². The highest BCUT2D eigenvalue weighted by Gasteiger charge is 2.12. The van der Waals surface area contributed by atoms with Crippen LogP contribution in [0.4, 0.5) is 5.82 Å². The lowest BCUT2D eigenvalue weighted by molar-refractivity contribution is -0.360. The minimum atomic E-state index is 0.691. The SMILES string of the molecule is CCCCC(CCCC)c1cc[nH+]c(N)c1. The molecule has 3 N–H and O–H groups in total. The lowest BCUT2D eigenvalue weighted by Crippen LogP contribution is -2.11. The summed E-state index contributed by atoms with van der Waals surface area (Å²) >= 11 is 0. The Labute approximate surface area is 99.3 Å². The molecule has 0 radical (unpaired) electrons. The van der Waals surface area contributed by atoms with Gasteiger partial charge in [0.25, 0.3) is 5.82 Å². The van der Waals surface area contributed by atoms with Crippen LogP contribution >= 0.6 is 0 Å². The molecule has 1 rings (SSSR count). The number of hydrogen-bond donors (Lipinski definition) is 1. The van der Waals surface area contributed by atoms with Gasteiger partial charge < -0.3 is 0 Å². The maximum absolute atomic E-state index is 5.80. The summed E-state index contributed by atoms with van der Waals surface area (Å²) in [6, 6.07) is 4.27. The smallest absolute Gasteiger partial charge is 0.270 e. The highest BCUT2D eigenvalue weighted by Crippen LogP contribution is 2.27. The first kappa shape index (κ1) is 13.0. The van der Waals surface area contributed by atoms with Crippen molar-refractivity contribution in [2.24, 2.45) is 0 Å². The number of nitrogen functional groups attached to an aromatic ring is 1. The van der Waals surface area contributed by atoms with Crippen LogP contribution in [0.15, 0.2) is 18.3 Å². The first-order valence-electron chi connectivity index (χ1n) is 6.55. The van der Waals surface area contributed by atoms with Crippen molar-refractivity contribution in [2.75, 3.05) is 5.73 Å². The van der Waals surface area contributed by atoms with Gasteiger partial charge in [0.15, 0.2) is 0 Å². The van der Waals surface area contributed by atoms with Crippen molar-refractivity contribution in [1.29, 1.82) is 0 Å². The summed E-state index contributed by atoms with van der Waals surface area (Å²) in [4.78, 5) is 3.02. The fourth-order valence-electron chi connectivity index (χ4n) is 2.14. The van der Waals surface area contributed by atoms with E-state index in [0.717, 1.165) is 5.82 Å². The highest BCUT2D eigenvalue weighted by molar-refractivity contribution is 5.28. The first-order valence-corrected chi connectivity index (χ1v) is 6.55. The van der Waals surface area contributed by atoms with Gasteiger partial charge in [-0.15, -0.1) is 0 Å². The van der Waals surface area contributed by atoms with Gasteiger partial charge in [-0.25, -0.2) is 4.98 Å². The minimum absolute atomic E-state index is 0.691. The summed E-state index contributed by atoms with van der Waals surface area (Å²) in [5.41, 5.74) is 7.20. The molecular weight excluding hydrogens is 196 g/mol. The van der Waals surface area contributed by atoms with Crippen LogP contribution in [0.1, 0.15) is 63.9 Å². The van der Waals surface area contributed by atoms with Gasteiger partial charge in [-0.05, 0) is 30.4 Å². The van der Waals surface area contributed by atoms with Crippen molar-refractivity contribution in [1.82, 2.24) is 0 Å². The zero-order chi connectivity index (χ0) is 11.8. The predicted molar refractivity (Wildman–Crippen MR) is 69.2 cm³/mol. The fourth-order valence-corrected chi connectivity index (χ4v) is 2.14. The van der Waals surface area contributed by atoms with Gasteiger partial charge in [-0.2, -0.15) is 0 Å². The van der Waals surface area contributed by atoms with E-state index in [-0.39, 0.29) is 0 Å². The monoisotopic (exact) mass is 221 g/mol. The van der Waals surface area contributed by atoms with Crippen molar-refractivity contribution in [2.45, 2.75) is 58.3 Å². The van der Waals surface area contributed by atoms with Crippen LogP contribution in [-0.2, 0) is 0 Å². The predicted octanol–water partition coefficient (Wildman–Crippen LogP) is 3.55. The molecule has 0 spiro atoms. The molecule has 0 fully saturated rings. The van der Waals surface area contributed by atoms with E-state index in [1.807, 2.05) is 6.20 Å². The summed E-state index contributed by atoms with van der Waals surface area (Å²) < 4.78 is 0. The van der Waals surface area contributed by atoms with Crippen LogP contribution < -0.4 is 10.7 Å². The summed E-state index contributed by atoms with van der Waals surface area (Å²) in [5, 5.41) is 0. The van der Waals surface area contributed by atoms with Crippen LogP contribution in [0.5, 0.6) is 0 Å². The molecule has 0 saturated heterocycles. The fraction of sp³-hybridized carbons (Fsp3) is 0.643. The molecule has 1 heterocycles. The molecule has 0 unspecified atom stereocenters. The van der Waals surface area contributed by atoms with Gasteiger partial charge in [-0.1, -0.05) is 39.5 Å². The number of aromatic nitrogens is 1. The van der Waals surface area contributed by atoms with Crippen LogP contribution in [-0.4, -0.2) is 0 Å². The maximum atomic E-state index is 5.80. The van der Waals surface area contributed by atoms with Gasteiger partial charge >= 0.3 is 0 Å². The second-order valence-corrected chi connectivity index (χ2v) is 4.56. The normalized spacial score (nSPS) is 10.9. The third kappa shape index (κ3) is 4.21. The van der Waals surface area contributed by atoms with E-state index in [0.29, 0.717) is 5.92 Å². The molecule has 2 heteroatoms. The third-order valence-corrected chi connectivity index (χ3v) is 3.13. The number of anilines is 1. The molecule has 1 aromatic heterocycles. The summed E-state index contributed by atoms with van der Waals surface area (Å²) in [5.74, 6) is 1.47. The topological polar surface area (TPSA) is 40.2 Å². The van der Waals surface area contributed by atoms with Crippen molar-refractivity contribution >= 4 is 5.82 Å². The van der Waals surface area contributed by atoms with Crippen molar-refractivity contribution in [3.05, 3.63) is 23.9 Å². The van der Waals surface area contributed by atoms with Crippen LogP contribution in [0, 0.1) is 0 Å². The number of hydrogen-bond acceptors (Lipinski definition) is 1.